The summed E-state index contributed by atoms with van der Waals surface area (Å²) in [6.45, 7) is 1.71. The monoisotopic (exact) mass is 378 g/mol. The van der Waals surface area contributed by atoms with Crippen LogP contribution in [-0.2, 0) is 19.6 Å². The number of sulfonamides is 1. The smallest absolute Gasteiger partial charge is 0.326 e. The van der Waals surface area contributed by atoms with E-state index in [2.05, 4.69) is 10.0 Å². The standard InChI is InChI=1S/C18H22N2O5S/c1-2-5-16(18(22)23)20-17(21)10-11-19-26(24,25)15-9-8-13-6-3-4-7-14(13)12-15/h3-4,6-9,12,16,19H,2,5,10-11H2,1H3,(H,20,21)(H,22,23). The topological polar surface area (TPSA) is 113 Å². The number of fused-ring (bicyclic) bond motifs is 1. The first-order valence-corrected chi connectivity index (χ1v) is 9.82. The highest BCUT2D eigenvalue weighted by atomic mass is 32.2. The molecule has 140 valence electrons. The van der Waals surface area contributed by atoms with E-state index < -0.39 is 27.9 Å². The highest BCUT2D eigenvalue weighted by Crippen LogP contribution is 2.18. The van der Waals surface area contributed by atoms with E-state index in [0.717, 1.165) is 10.8 Å². The average Bonchev–Trinajstić information content (AvgIpc) is 2.60. The summed E-state index contributed by atoms with van der Waals surface area (Å²) in [4.78, 5) is 23.0. The van der Waals surface area contributed by atoms with E-state index in [1.807, 2.05) is 31.2 Å². The maximum atomic E-state index is 12.4. The fourth-order valence-corrected chi connectivity index (χ4v) is 3.60. The molecule has 0 aliphatic heterocycles. The highest BCUT2D eigenvalue weighted by molar-refractivity contribution is 7.89. The highest BCUT2D eigenvalue weighted by Gasteiger charge is 2.19. The van der Waals surface area contributed by atoms with Gasteiger partial charge in [0, 0.05) is 13.0 Å². The molecule has 7 nitrogen and oxygen atoms in total. The van der Waals surface area contributed by atoms with Crippen molar-refractivity contribution < 1.29 is 23.1 Å². The van der Waals surface area contributed by atoms with Crippen molar-refractivity contribution in [3.8, 4) is 0 Å². The van der Waals surface area contributed by atoms with Gasteiger partial charge in [0.25, 0.3) is 0 Å². The third-order valence-electron chi connectivity index (χ3n) is 3.89. The zero-order chi connectivity index (χ0) is 19.2. The minimum atomic E-state index is -3.75. The van der Waals surface area contributed by atoms with Crippen molar-refractivity contribution in [2.45, 2.75) is 37.1 Å². The number of hydrogen-bond acceptors (Lipinski definition) is 4. The van der Waals surface area contributed by atoms with Crippen LogP contribution in [-0.4, -0.2) is 38.0 Å². The third kappa shape index (κ3) is 5.27. The van der Waals surface area contributed by atoms with Crippen molar-refractivity contribution >= 4 is 32.7 Å². The van der Waals surface area contributed by atoms with E-state index in [9.17, 15) is 18.0 Å². The number of aliphatic carboxylic acids is 1. The van der Waals surface area contributed by atoms with E-state index in [0.29, 0.717) is 12.8 Å². The van der Waals surface area contributed by atoms with Gasteiger partial charge in [-0.15, -0.1) is 0 Å². The molecule has 0 fully saturated rings. The predicted octanol–water partition coefficient (Wildman–Crippen LogP) is 1.88. The van der Waals surface area contributed by atoms with Crippen LogP contribution in [0.4, 0.5) is 0 Å². The fourth-order valence-electron chi connectivity index (χ4n) is 2.53. The Morgan fingerprint density at radius 2 is 1.81 bits per heavy atom. The largest absolute Gasteiger partial charge is 0.480 e. The number of carboxylic acids is 1. The van der Waals surface area contributed by atoms with E-state index in [1.54, 1.807) is 12.1 Å². The molecule has 1 unspecified atom stereocenters. The lowest BCUT2D eigenvalue weighted by atomic mass is 10.1. The Kier molecular flexibility index (Phi) is 6.70. The summed E-state index contributed by atoms with van der Waals surface area (Å²) in [6.07, 6.45) is 0.802. The lowest BCUT2D eigenvalue weighted by Gasteiger charge is -2.13. The number of nitrogens with one attached hydrogen (secondary N) is 2. The first kappa shape index (κ1) is 19.9. The third-order valence-corrected chi connectivity index (χ3v) is 5.34. The molecule has 0 aromatic heterocycles. The van der Waals surface area contributed by atoms with Crippen molar-refractivity contribution in [1.29, 1.82) is 0 Å². The molecule has 0 spiro atoms. The molecule has 2 rings (SSSR count). The number of benzene rings is 2. The van der Waals surface area contributed by atoms with Crippen LogP contribution in [0.1, 0.15) is 26.2 Å². The quantitative estimate of drug-likeness (QED) is 0.617. The second-order valence-corrected chi connectivity index (χ2v) is 7.67. The van der Waals surface area contributed by atoms with Crippen molar-refractivity contribution in [1.82, 2.24) is 10.0 Å². The Morgan fingerprint density at radius 1 is 1.12 bits per heavy atom. The summed E-state index contributed by atoms with van der Waals surface area (Å²) in [6, 6.07) is 11.2. The van der Waals surface area contributed by atoms with Gasteiger partial charge in [-0.3, -0.25) is 4.79 Å². The Bertz CT molecular complexity index is 895. The molecule has 8 heteroatoms. The molecular weight excluding hydrogens is 356 g/mol. The maximum absolute atomic E-state index is 12.4. The molecule has 0 aliphatic carbocycles. The van der Waals surface area contributed by atoms with Crippen molar-refractivity contribution in [2.24, 2.45) is 0 Å². The van der Waals surface area contributed by atoms with E-state index in [4.69, 9.17) is 5.11 Å². The van der Waals surface area contributed by atoms with Crippen LogP contribution in [0.5, 0.6) is 0 Å². The SMILES string of the molecule is CCCC(NC(=O)CCNS(=O)(=O)c1ccc2ccccc2c1)C(=O)O. The minimum Gasteiger partial charge on any atom is -0.480 e. The van der Waals surface area contributed by atoms with Gasteiger partial charge in [0.2, 0.25) is 15.9 Å². The molecule has 0 radical (unpaired) electrons. The predicted molar refractivity (Wildman–Crippen MR) is 98.2 cm³/mol. The van der Waals surface area contributed by atoms with Gasteiger partial charge in [-0.25, -0.2) is 17.9 Å². The van der Waals surface area contributed by atoms with Gasteiger partial charge in [-0.05, 0) is 29.3 Å². The van der Waals surface area contributed by atoms with Gasteiger partial charge >= 0.3 is 5.97 Å². The zero-order valence-electron chi connectivity index (χ0n) is 14.4. The molecule has 2 aromatic rings. The van der Waals surface area contributed by atoms with Crippen LogP contribution >= 0.6 is 0 Å². The average molecular weight is 378 g/mol. The van der Waals surface area contributed by atoms with Gasteiger partial charge in [0.1, 0.15) is 6.04 Å². The van der Waals surface area contributed by atoms with E-state index in [1.165, 1.54) is 6.07 Å². The van der Waals surface area contributed by atoms with Gasteiger partial charge in [0.15, 0.2) is 0 Å². The molecule has 2 aromatic carbocycles. The van der Waals surface area contributed by atoms with Crippen LogP contribution in [0.15, 0.2) is 47.4 Å². The van der Waals surface area contributed by atoms with Gasteiger partial charge in [0.05, 0.1) is 4.90 Å². The van der Waals surface area contributed by atoms with E-state index in [-0.39, 0.29) is 17.9 Å². The summed E-state index contributed by atoms with van der Waals surface area (Å²) in [5, 5.41) is 13.1. The molecule has 0 saturated carbocycles. The molecule has 1 atom stereocenters. The number of hydrogen-bond donors (Lipinski definition) is 3. The lowest BCUT2D eigenvalue weighted by Crippen LogP contribution is -2.41. The number of carbonyl (C=O) groups excluding carboxylic acids is 1. The molecule has 26 heavy (non-hydrogen) atoms. The molecule has 0 aliphatic rings. The second kappa shape index (κ2) is 8.77. The van der Waals surface area contributed by atoms with Crippen LogP contribution in [0.3, 0.4) is 0 Å². The molecule has 0 saturated heterocycles. The summed E-state index contributed by atoms with van der Waals surface area (Å²) in [5.41, 5.74) is 0. The molecule has 0 bridgehead atoms. The van der Waals surface area contributed by atoms with Crippen LogP contribution in [0.25, 0.3) is 10.8 Å². The molecule has 0 heterocycles. The zero-order valence-corrected chi connectivity index (χ0v) is 15.3. The Morgan fingerprint density at radius 3 is 2.46 bits per heavy atom. The first-order chi connectivity index (χ1) is 12.3. The van der Waals surface area contributed by atoms with Crippen LogP contribution in [0.2, 0.25) is 0 Å². The molecule has 3 N–H and O–H groups in total. The molecule has 1 amide bonds. The summed E-state index contributed by atoms with van der Waals surface area (Å²) < 4.78 is 27.1. The first-order valence-electron chi connectivity index (χ1n) is 8.34. The number of carboxylic acid groups (broad SMARTS) is 1. The number of amides is 1. The van der Waals surface area contributed by atoms with Gasteiger partial charge in [-0.2, -0.15) is 0 Å². The van der Waals surface area contributed by atoms with Crippen molar-refractivity contribution in [2.75, 3.05) is 6.54 Å². The van der Waals surface area contributed by atoms with Crippen molar-refractivity contribution in [3.63, 3.8) is 0 Å². The van der Waals surface area contributed by atoms with Crippen LogP contribution < -0.4 is 10.0 Å². The van der Waals surface area contributed by atoms with Crippen molar-refractivity contribution in [3.05, 3.63) is 42.5 Å². The Labute approximate surface area is 152 Å². The number of carbonyl (C=O) groups is 2. The molecular formula is C18H22N2O5S. The lowest BCUT2D eigenvalue weighted by molar-refractivity contribution is -0.142. The number of rotatable bonds is 9. The summed E-state index contributed by atoms with van der Waals surface area (Å²) in [5.74, 6) is -1.61. The normalized spacial score (nSPS) is 12.7. The second-order valence-electron chi connectivity index (χ2n) is 5.90. The Hall–Kier alpha value is -2.45. The Balaban J connectivity index is 1.94. The maximum Gasteiger partial charge on any atom is 0.326 e. The van der Waals surface area contributed by atoms with Crippen LogP contribution in [0, 0.1) is 0 Å². The van der Waals surface area contributed by atoms with Gasteiger partial charge in [-0.1, -0.05) is 43.7 Å². The van der Waals surface area contributed by atoms with E-state index >= 15 is 0 Å². The van der Waals surface area contributed by atoms with Gasteiger partial charge < -0.3 is 10.4 Å². The fraction of sp³-hybridized carbons (Fsp3) is 0.333. The minimum absolute atomic E-state index is 0.112. The summed E-state index contributed by atoms with van der Waals surface area (Å²) in [7, 11) is -3.75. The summed E-state index contributed by atoms with van der Waals surface area (Å²) >= 11 is 0.